The summed E-state index contributed by atoms with van der Waals surface area (Å²) in [6, 6.07) is 12.9. The van der Waals surface area contributed by atoms with E-state index in [-0.39, 0.29) is 17.7 Å². The van der Waals surface area contributed by atoms with Crippen LogP contribution in [0.25, 0.3) is 0 Å². The third-order valence-corrected chi connectivity index (χ3v) is 4.40. The number of ether oxygens (including phenoxy) is 1. The van der Waals surface area contributed by atoms with E-state index in [2.05, 4.69) is 4.90 Å². The lowest BCUT2D eigenvalue weighted by molar-refractivity contribution is 0.0526. The molecule has 136 valence electrons. The van der Waals surface area contributed by atoms with Gasteiger partial charge in [0.1, 0.15) is 5.82 Å². The second kappa shape index (κ2) is 7.99. The van der Waals surface area contributed by atoms with Gasteiger partial charge in [0, 0.05) is 37.4 Å². The van der Waals surface area contributed by atoms with Crippen LogP contribution in [0.3, 0.4) is 0 Å². The molecule has 5 nitrogen and oxygen atoms in total. The smallest absolute Gasteiger partial charge is 0.338 e. The van der Waals surface area contributed by atoms with Crippen molar-refractivity contribution in [3.05, 3.63) is 65.5 Å². The Morgan fingerprint density at radius 3 is 2.08 bits per heavy atom. The summed E-state index contributed by atoms with van der Waals surface area (Å²) in [6.07, 6.45) is 0. The fraction of sp³-hybridized carbons (Fsp3) is 0.300. The third kappa shape index (κ3) is 4.02. The minimum atomic E-state index is -0.349. The highest BCUT2D eigenvalue weighted by Gasteiger charge is 2.22. The number of carbonyl (C=O) groups excluding carboxylic acids is 2. The van der Waals surface area contributed by atoms with Crippen LogP contribution in [0.2, 0.25) is 0 Å². The molecule has 0 bridgehead atoms. The number of piperazine rings is 1. The van der Waals surface area contributed by atoms with Crippen molar-refractivity contribution in [1.82, 2.24) is 4.90 Å². The highest BCUT2D eigenvalue weighted by molar-refractivity contribution is 5.94. The summed E-state index contributed by atoms with van der Waals surface area (Å²) in [5.41, 5.74) is 2.03. The number of amides is 1. The van der Waals surface area contributed by atoms with E-state index in [0.29, 0.717) is 43.9 Å². The summed E-state index contributed by atoms with van der Waals surface area (Å²) < 4.78 is 18.0. The number of carbonyl (C=O) groups is 2. The number of rotatable bonds is 4. The molecule has 1 aliphatic rings. The molecular weight excluding hydrogens is 335 g/mol. The van der Waals surface area contributed by atoms with Crippen LogP contribution in [-0.2, 0) is 4.74 Å². The first-order chi connectivity index (χ1) is 12.6. The number of benzene rings is 2. The lowest BCUT2D eigenvalue weighted by Gasteiger charge is -2.36. The second-order valence-electron chi connectivity index (χ2n) is 6.05. The standard InChI is InChI=1S/C20H21FN2O3/c1-2-26-20(25)16-5-9-18(10-6-16)22-11-13-23(14-12-22)19(24)15-3-7-17(21)8-4-15/h3-10H,2,11-14H2,1H3. The van der Waals surface area contributed by atoms with Crippen LogP contribution in [0.5, 0.6) is 0 Å². The van der Waals surface area contributed by atoms with Crippen LogP contribution in [0.1, 0.15) is 27.6 Å². The summed E-state index contributed by atoms with van der Waals surface area (Å²) in [6.45, 7) is 4.71. The number of anilines is 1. The SMILES string of the molecule is CCOC(=O)c1ccc(N2CCN(C(=O)c3ccc(F)cc3)CC2)cc1. The topological polar surface area (TPSA) is 49.9 Å². The Morgan fingerprint density at radius 1 is 0.923 bits per heavy atom. The van der Waals surface area contributed by atoms with Gasteiger partial charge in [-0.15, -0.1) is 0 Å². The van der Waals surface area contributed by atoms with Crippen molar-refractivity contribution in [2.24, 2.45) is 0 Å². The van der Waals surface area contributed by atoms with E-state index in [1.165, 1.54) is 24.3 Å². The fourth-order valence-electron chi connectivity index (χ4n) is 2.97. The van der Waals surface area contributed by atoms with E-state index < -0.39 is 0 Å². The van der Waals surface area contributed by atoms with Crippen molar-refractivity contribution in [3.8, 4) is 0 Å². The molecular formula is C20H21FN2O3. The number of nitrogens with zero attached hydrogens (tertiary/aromatic N) is 2. The van der Waals surface area contributed by atoms with Crippen molar-refractivity contribution in [1.29, 1.82) is 0 Å². The van der Waals surface area contributed by atoms with Gasteiger partial charge in [-0.05, 0) is 55.5 Å². The maximum atomic E-state index is 13.0. The highest BCUT2D eigenvalue weighted by Crippen LogP contribution is 2.19. The highest BCUT2D eigenvalue weighted by atomic mass is 19.1. The summed E-state index contributed by atoms with van der Waals surface area (Å²) in [7, 11) is 0. The third-order valence-electron chi connectivity index (χ3n) is 4.40. The van der Waals surface area contributed by atoms with Crippen LogP contribution in [0, 0.1) is 5.82 Å². The minimum absolute atomic E-state index is 0.0812. The number of esters is 1. The summed E-state index contributed by atoms with van der Waals surface area (Å²) in [5, 5.41) is 0. The lowest BCUT2D eigenvalue weighted by atomic mass is 10.1. The Labute approximate surface area is 152 Å². The monoisotopic (exact) mass is 356 g/mol. The Hall–Kier alpha value is -2.89. The molecule has 0 aromatic heterocycles. The van der Waals surface area contributed by atoms with Crippen molar-refractivity contribution >= 4 is 17.6 Å². The molecule has 3 rings (SSSR count). The van der Waals surface area contributed by atoms with Crippen LogP contribution < -0.4 is 4.90 Å². The Balaban J connectivity index is 1.59. The van der Waals surface area contributed by atoms with E-state index in [4.69, 9.17) is 4.74 Å². The van der Waals surface area contributed by atoms with Crippen LogP contribution >= 0.6 is 0 Å². The van der Waals surface area contributed by atoms with Gasteiger partial charge in [0.25, 0.3) is 5.91 Å². The van der Waals surface area contributed by atoms with Gasteiger partial charge in [0.2, 0.25) is 0 Å². The summed E-state index contributed by atoms with van der Waals surface area (Å²) in [5.74, 6) is -0.756. The van der Waals surface area contributed by atoms with E-state index in [1.54, 1.807) is 24.0 Å². The molecule has 1 aliphatic heterocycles. The van der Waals surface area contributed by atoms with Gasteiger partial charge in [0.15, 0.2) is 0 Å². The molecule has 0 saturated carbocycles. The molecule has 1 fully saturated rings. The van der Waals surface area contributed by atoms with Crippen LogP contribution in [-0.4, -0.2) is 49.6 Å². The maximum absolute atomic E-state index is 13.0. The minimum Gasteiger partial charge on any atom is -0.462 e. The molecule has 0 N–H and O–H groups in total. The largest absolute Gasteiger partial charge is 0.462 e. The van der Waals surface area contributed by atoms with Gasteiger partial charge in [-0.2, -0.15) is 0 Å². The molecule has 2 aromatic rings. The molecule has 0 spiro atoms. The van der Waals surface area contributed by atoms with E-state index in [9.17, 15) is 14.0 Å². The van der Waals surface area contributed by atoms with Crippen molar-refractivity contribution in [3.63, 3.8) is 0 Å². The number of hydrogen-bond acceptors (Lipinski definition) is 4. The van der Waals surface area contributed by atoms with E-state index >= 15 is 0 Å². The zero-order chi connectivity index (χ0) is 18.5. The average molecular weight is 356 g/mol. The first kappa shape index (κ1) is 17.9. The van der Waals surface area contributed by atoms with E-state index in [0.717, 1.165) is 5.69 Å². The first-order valence-corrected chi connectivity index (χ1v) is 8.65. The molecule has 0 aliphatic carbocycles. The summed E-state index contributed by atoms with van der Waals surface area (Å²) >= 11 is 0. The molecule has 0 radical (unpaired) electrons. The number of halogens is 1. The zero-order valence-electron chi connectivity index (χ0n) is 14.7. The fourth-order valence-corrected chi connectivity index (χ4v) is 2.97. The van der Waals surface area contributed by atoms with Gasteiger partial charge in [-0.1, -0.05) is 0 Å². The average Bonchev–Trinajstić information content (AvgIpc) is 2.68. The van der Waals surface area contributed by atoms with Crippen LogP contribution in [0.4, 0.5) is 10.1 Å². The second-order valence-corrected chi connectivity index (χ2v) is 6.05. The molecule has 0 unspecified atom stereocenters. The van der Waals surface area contributed by atoms with Gasteiger partial charge < -0.3 is 14.5 Å². The zero-order valence-corrected chi connectivity index (χ0v) is 14.7. The first-order valence-electron chi connectivity index (χ1n) is 8.65. The Bertz CT molecular complexity index is 767. The molecule has 0 atom stereocenters. The van der Waals surface area contributed by atoms with Gasteiger partial charge in [0.05, 0.1) is 12.2 Å². The predicted molar refractivity (Wildman–Crippen MR) is 96.9 cm³/mol. The lowest BCUT2D eigenvalue weighted by Crippen LogP contribution is -2.48. The molecule has 26 heavy (non-hydrogen) atoms. The van der Waals surface area contributed by atoms with Gasteiger partial charge in [-0.3, -0.25) is 4.79 Å². The summed E-state index contributed by atoms with van der Waals surface area (Å²) in [4.78, 5) is 28.1. The predicted octanol–water partition coefficient (Wildman–Crippen LogP) is 2.96. The Morgan fingerprint density at radius 2 is 1.50 bits per heavy atom. The normalized spacial score (nSPS) is 14.2. The Kier molecular flexibility index (Phi) is 5.51. The van der Waals surface area contributed by atoms with Crippen molar-refractivity contribution < 1.29 is 18.7 Å². The van der Waals surface area contributed by atoms with Crippen molar-refractivity contribution in [2.75, 3.05) is 37.7 Å². The van der Waals surface area contributed by atoms with Crippen LogP contribution in [0.15, 0.2) is 48.5 Å². The maximum Gasteiger partial charge on any atom is 0.338 e. The number of hydrogen-bond donors (Lipinski definition) is 0. The van der Waals surface area contributed by atoms with Gasteiger partial charge in [-0.25, -0.2) is 9.18 Å². The molecule has 1 saturated heterocycles. The van der Waals surface area contributed by atoms with E-state index in [1.807, 2.05) is 12.1 Å². The van der Waals surface area contributed by atoms with Gasteiger partial charge >= 0.3 is 5.97 Å². The molecule has 6 heteroatoms. The molecule has 1 amide bonds. The molecule has 1 heterocycles. The molecule has 2 aromatic carbocycles. The van der Waals surface area contributed by atoms with Crippen molar-refractivity contribution in [2.45, 2.75) is 6.92 Å². The quantitative estimate of drug-likeness (QED) is 0.791.